The molecule has 0 unspecified atom stereocenters. The van der Waals surface area contributed by atoms with Crippen LogP contribution in [0.25, 0.3) is 22.7 Å². The zero-order valence-electron chi connectivity index (χ0n) is 15.9. The van der Waals surface area contributed by atoms with Crippen molar-refractivity contribution in [1.29, 1.82) is 0 Å². The van der Waals surface area contributed by atoms with Gasteiger partial charge in [0.25, 0.3) is 0 Å². The molecule has 0 radical (unpaired) electrons. The van der Waals surface area contributed by atoms with Gasteiger partial charge in [0.15, 0.2) is 0 Å². The topological polar surface area (TPSA) is 85.5 Å². The van der Waals surface area contributed by atoms with Crippen LogP contribution >= 0.6 is 11.6 Å². The molecule has 0 spiro atoms. The summed E-state index contributed by atoms with van der Waals surface area (Å²) in [6, 6.07) is 7.40. The number of halogens is 1. The summed E-state index contributed by atoms with van der Waals surface area (Å²) in [5, 5.41) is 9.17. The van der Waals surface area contributed by atoms with Crippen LogP contribution in [0.2, 0.25) is 5.02 Å². The van der Waals surface area contributed by atoms with Crippen molar-refractivity contribution < 1.29 is 19.1 Å². The number of aromatic nitrogens is 2. The standard InChI is InChI=1S/C21H23ClN2O4/c1-13(2)27-18-9-8-15(11-16(18)22)20-24-17-10-14(12-23-21(17)28-20)6-4-3-5-7-19(25)26/h8-13H,3-7H2,1-2H3,(H,25,26). The number of nitrogens with zero attached hydrogens (tertiary/aromatic N) is 2. The number of benzene rings is 1. The van der Waals surface area contributed by atoms with Crippen LogP contribution in [-0.2, 0) is 11.2 Å². The number of hydrogen-bond acceptors (Lipinski definition) is 5. The Morgan fingerprint density at radius 2 is 2.07 bits per heavy atom. The maximum Gasteiger partial charge on any atom is 0.303 e. The molecule has 0 atom stereocenters. The van der Waals surface area contributed by atoms with Crippen LogP contribution in [-0.4, -0.2) is 27.1 Å². The molecule has 3 aromatic rings. The maximum atomic E-state index is 10.5. The Morgan fingerprint density at radius 1 is 1.25 bits per heavy atom. The third-order valence-corrected chi connectivity index (χ3v) is 4.50. The molecule has 6 nitrogen and oxygen atoms in total. The Labute approximate surface area is 168 Å². The third kappa shape index (κ3) is 5.23. The molecule has 28 heavy (non-hydrogen) atoms. The highest BCUT2D eigenvalue weighted by molar-refractivity contribution is 6.32. The number of fused-ring (bicyclic) bond motifs is 1. The molecule has 0 aliphatic heterocycles. The minimum absolute atomic E-state index is 0.0411. The molecule has 1 N–H and O–H groups in total. The van der Waals surface area contributed by atoms with Gasteiger partial charge in [-0.05, 0) is 62.9 Å². The Balaban J connectivity index is 1.70. The molecule has 7 heteroatoms. The van der Waals surface area contributed by atoms with Gasteiger partial charge in [-0.1, -0.05) is 18.0 Å². The Bertz CT molecular complexity index is 968. The van der Waals surface area contributed by atoms with Crippen molar-refractivity contribution in [2.45, 2.75) is 52.1 Å². The first kappa shape index (κ1) is 20.1. The van der Waals surface area contributed by atoms with Gasteiger partial charge in [-0.25, -0.2) is 9.97 Å². The van der Waals surface area contributed by atoms with E-state index in [0.717, 1.165) is 30.4 Å². The summed E-state index contributed by atoms with van der Waals surface area (Å²) in [5.74, 6) is 0.334. The Kier molecular flexibility index (Phi) is 6.52. The molecule has 0 saturated heterocycles. The second-order valence-corrected chi connectivity index (χ2v) is 7.36. The number of oxazole rings is 1. The molecular formula is C21H23ClN2O4. The summed E-state index contributed by atoms with van der Waals surface area (Å²) in [6.07, 6.45) is 5.35. The molecule has 2 aromatic heterocycles. The van der Waals surface area contributed by atoms with Gasteiger partial charge in [0.05, 0.1) is 11.1 Å². The summed E-state index contributed by atoms with van der Waals surface area (Å²) in [7, 11) is 0. The van der Waals surface area contributed by atoms with E-state index in [1.165, 1.54) is 0 Å². The SMILES string of the molecule is CC(C)Oc1ccc(-c2nc3cc(CCCCCC(=O)O)cnc3o2)cc1Cl. The smallest absolute Gasteiger partial charge is 0.303 e. The van der Waals surface area contributed by atoms with Gasteiger partial charge in [0, 0.05) is 18.2 Å². The van der Waals surface area contributed by atoms with Crippen LogP contribution in [0.3, 0.4) is 0 Å². The fourth-order valence-corrected chi connectivity index (χ4v) is 3.12. The van der Waals surface area contributed by atoms with Crippen molar-refractivity contribution in [3.63, 3.8) is 0 Å². The zero-order valence-corrected chi connectivity index (χ0v) is 16.7. The molecule has 1 aromatic carbocycles. The lowest BCUT2D eigenvalue weighted by atomic mass is 10.1. The minimum Gasteiger partial charge on any atom is -0.489 e. The molecule has 0 aliphatic rings. The highest BCUT2D eigenvalue weighted by atomic mass is 35.5. The molecular weight excluding hydrogens is 380 g/mol. The largest absolute Gasteiger partial charge is 0.489 e. The monoisotopic (exact) mass is 402 g/mol. The third-order valence-electron chi connectivity index (χ3n) is 4.20. The van der Waals surface area contributed by atoms with Crippen molar-refractivity contribution in [2.75, 3.05) is 0 Å². The van der Waals surface area contributed by atoms with Crippen LogP contribution in [0, 0.1) is 0 Å². The maximum absolute atomic E-state index is 10.5. The van der Waals surface area contributed by atoms with E-state index in [1.807, 2.05) is 32.0 Å². The predicted octanol–water partition coefficient (Wildman–Crippen LogP) is 5.52. The van der Waals surface area contributed by atoms with E-state index >= 15 is 0 Å². The van der Waals surface area contributed by atoms with E-state index in [0.29, 0.717) is 34.3 Å². The minimum atomic E-state index is -0.748. The second kappa shape index (κ2) is 9.06. The number of aliphatic carboxylic acids is 1. The van der Waals surface area contributed by atoms with Gasteiger partial charge in [-0.3, -0.25) is 4.79 Å². The quantitative estimate of drug-likeness (QED) is 0.474. The predicted molar refractivity (Wildman–Crippen MR) is 108 cm³/mol. The molecule has 0 amide bonds. The molecule has 0 aliphatic carbocycles. The molecule has 148 valence electrons. The van der Waals surface area contributed by atoms with Crippen molar-refractivity contribution in [1.82, 2.24) is 9.97 Å². The Morgan fingerprint density at radius 3 is 2.79 bits per heavy atom. The number of carboxylic acids is 1. The van der Waals surface area contributed by atoms with Crippen LogP contribution in [0.4, 0.5) is 0 Å². The van der Waals surface area contributed by atoms with Crippen molar-refractivity contribution in [2.24, 2.45) is 0 Å². The van der Waals surface area contributed by atoms with E-state index in [1.54, 1.807) is 12.3 Å². The summed E-state index contributed by atoms with van der Waals surface area (Å²) in [5.41, 5.74) is 2.98. The number of hydrogen-bond donors (Lipinski definition) is 1. The van der Waals surface area contributed by atoms with Gasteiger partial charge in [0.2, 0.25) is 11.6 Å². The van der Waals surface area contributed by atoms with Crippen molar-refractivity contribution in [3.8, 4) is 17.2 Å². The normalized spacial score (nSPS) is 11.3. The van der Waals surface area contributed by atoms with Crippen LogP contribution in [0.1, 0.15) is 45.1 Å². The fourth-order valence-electron chi connectivity index (χ4n) is 2.89. The van der Waals surface area contributed by atoms with Crippen LogP contribution < -0.4 is 4.74 Å². The first-order valence-electron chi connectivity index (χ1n) is 9.36. The molecule has 3 rings (SSSR count). The average molecular weight is 403 g/mol. The highest BCUT2D eigenvalue weighted by Crippen LogP contribution is 2.32. The molecule has 0 bridgehead atoms. The van der Waals surface area contributed by atoms with E-state index in [-0.39, 0.29) is 12.5 Å². The first-order chi connectivity index (χ1) is 13.4. The number of rotatable bonds is 9. The van der Waals surface area contributed by atoms with E-state index in [2.05, 4.69) is 9.97 Å². The summed E-state index contributed by atoms with van der Waals surface area (Å²) in [4.78, 5) is 19.4. The molecule has 0 fully saturated rings. The molecule has 0 saturated carbocycles. The zero-order chi connectivity index (χ0) is 20.1. The van der Waals surface area contributed by atoms with Crippen LogP contribution in [0.15, 0.2) is 34.9 Å². The van der Waals surface area contributed by atoms with Crippen molar-refractivity contribution in [3.05, 3.63) is 41.0 Å². The summed E-state index contributed by atoms with van der Waals surface area (Å²) in [6.45, 7) is 3.89. The number of aryl methyl sites for hydroxylation is 1. The van der Waals surface area contributed by atoms with Crippen molar-refractivity contribution >= 4 is 28.8 Å². The van der Waals surface area contributed by atoms with E-state index < -0.39 is 5.97 Å². The van der Waals surface area contributed by atoms with Gasteiger partial charge in [-0.15, -0.1) is 0 Å². The second-order valence-electron chi connectivity index (χ2n) is 6.95. The summed E-state index contributed by atoms with van der Waals surface area (Å²) >= 11 is 6.30. The Hall–Kier alpha value is -2.60. The number of carboxylic acid groups (broad SMARTS) is 1. The van der Waals surface area contributed by atoms with Crippen LogP contribution in [0.5, 0.6) is 5.75 Å². The highest BCUT2D eigenvalue weighted by Gasteiger charge is 2.13. The number of pyridine rings is 1. The van der Waals surface area contributed by atoms with E-state index in [9.17, 15) is 4.79 Å². The summed E-state index contributed by atoms with van der Waals surface area (Å²) < 4.78 is 11.4. The number of ether oxygens (including phenoxy) is 1. The lowest BCUT2D eigenvalue weighted by Crippen LogP contribution is -2.05. The number of unbranched alkanes of at least 4 members (excludes halogenated alkanes) is 2. The molecule has 2 heterocycles. The lowest BCUT2D eigenvalue weighted by Gasteiger charge is -2.11. The lowest BCUT2D eigenvalue weighted by molar-refractivity contribution is -0.137. The van der Waals surface area contributed by atoms with Gasteiger partial charge < -0.3 is 14.3 Å². The van der Waals surface area contributed by atoms with E-state index in [4.69, 9.17) is 25.9 Å². The average Bonchev–Trinajstić information content (AvgIpc) is 3.06. The van der Waals surface area contributed by atoms with Gasteiger partial charge in [-0.2, -0.15) is 0 Å². The fraction of sp³-hybridized carbons (Fsp3) is 0.381. The first-order valence-corrected chi connectivity index (χ1v) is 9.74. The van der Waals surface area contributed by atoms with Gasteiger partial charge in [0.1, 0.15) is 11.3 Å². The van der Waals surface area contributed by atoms with Gasteiger partial charge >= 0.3 is 5.97 Å². The number of carbonyl (C=O) groups is 1.